The van der Waals surface area contributed by atoms with Gasteiger partial charge in [-0.15, -0.1) is 45.3 Å². The third kappa shape index (κ3) is 10.6. The fourth-order valence-electron chi connectivity index (χ4n) is 16.5. The first-order valence-corrected chi connectivity index (χ1v) is 42.1. The average Bonchev–Trinajstić information content (AvgIpc) is 1.59. The highest BCUT2D eigenvalue weighted by Gasteiger charge is 2.24. The summed E-state index contributed by atoms with van der Waals surface area (Å²) in [6.45, 7) is 0. The SMILES string of the molecule is Brc1ccc2c3ccc4sc5ccccc5c4c3n(-c3ccccc3)c2c1.Brc1cccc2c3c4c(ccc3n(-c3ccccc3)c12)sc1ccccc14.Brc1cccc2c3cc4c(cc3n(-c3ccccc3)c12)sc1ccccc14.Brc1cccc2c3ccc4c5ccccc5sc4c3n(-c3ccccc3)c12. The lowest BCUT2D eigenvalue weighted by Crippen LogP contribution is -1.93. The number of thiophene rings is 4. The summed E-state index contributed by atoms with van der Waals surface area (Å²) >= 11 is 22.6. The van der Waals surface area contributed by atoms with Gasteiger partial charge in [0, 0.05) is 160 Å². The highest BCUT2D eigenvalue weighted by atomic mass is 79.9. The highest BCUT2D eigenvalue weighted by molar-refractivity contribution is 9.11. The zero-order chi connectivity index (χ0) is 71.8. The predicted molar refractivity (Wildman–Crippen MR) is 485 cm³/mol. The number of hydrogen-bond acceptors (Lipinski definition) is 4. The first-order valence-electron chi connectivity index (χ1n) is 35.6. The van der Waals surface area contributed by atoms with Gasteiger partial charge in [-0.25, -0.2) is 0 Å². The molecule has 0 spiro atoms. The summed E-state index contributed by atoms with van der Waals surface area (Å²) in [7, 11) is 0. The van der Waals surface area contributed by atoms with Crippen LogP contribution >= 0.6 is 109 Å². The number of aromatic nitrogens is 4. The van der Waals surface area contributed by atoms with Crippen LogP contribution < -0.4 is 0 Å². The smallest absolute Gasteiger partial charge is 0.0720 e. The molecule has 8 heterocycles. The van der Waals surface area contributed by atoms with Crippen LogP contribution in [0.2, 0.25) is 0 Å². The Balaban J connectivity index is 0.0000000919. The molecule has 0 N–H and O–H groups in total. The molecule has 108 heavy (non-hydrogen) atoms. The van der Waals surface area contributed by atoms with Crippen molar-refractivity contribution in [2.75, 3.05) is 0 Å². The summed E-state index contributed by atoms with van der Waals surface area (Å²) in [5.41, 5.74) is 14.7. The fourth-order valence-corrected chi connectivity index (χ4v) is 23.1. The van der Waals surface area contributed by atoms with Gasteiger partial charge in [0.25, 0.3) is 0 Å². The summed E-state index contributed by atoms with van der Waals surface area (Å²) in [5.74, 6) is 0. The van der Waals surface area contributed by atoms with Crippen LogP contribution in [0.1, 0.15) is 0 Å². The van der Waals surface area contributed by atoms with Crippen molar-refractivity contribution in [1.82, 2.24) is 18.3 Å². The summed E-state index contributed by atoms with van der Waals surface area (Å²) in [6, 6.07) is 122. The largest absolute Gasteiger partial charge is 0.309 e. The quantitative estimate of drug-likeness (QED) is 0.167. The molecule has 0 bridgehead atoms. The molecule has 0 saturated heterocycles. The maximum Gasteiger partial charge on any atom is 0.0720 e. The van der Waals surface area contributed by atoms with Gasteiger partial charge in [0.05, 0.1) is 48.8 Å². The first kappa shape index (κ1) is 65.8. The minimum absolute atomic E-state index is 1.10. The Hall–Kier alpha value is -10.5. The second-order valence-corrected chi connectivity index (χ2v) is 34.8. The molecule has 0 aliphatic heterocycles. The molecule has 0 saturated carbocycles. The van der Waals surface area contributed by atoms with Crippen molar-refractivity contribution in [3.8, 4) is 22.7 Å². The van der Waals surface area contributed by atoms with E-state index in [4.69, 9.17) is 0 Å². The van der Waals surface area contributed by atoms with E-state index in [0.29, 0.717) is 0 Å². The van der Waals surface area contributed by atoms with Gasteiger partial charge in [-0.3, -0.25) is 0 Å². The molecule has 0 fully saturated rings. The fraction of sp³-hybridized carbons (Fsp3) is 0. The zero-order valence-electron chi connectivity index (χ0n) is 57.3. The molecule has 0 radical (unpaired) electrons. The Morgan fingerprint density at radius 3 is 1.17 bits per heavy atom. The number of rotatable bonds is 4. The van der Waals surface area contributed by atoms with Gasteiger partial charge in [0.1, 0.15) is 0 Å². The van der Waals surface area contributed by atoms with E-state index in [2.05, 4.69) is 422 Å². The van der Waals surface area contributed by atoms with Crippen LogP contribution in [0.3, 0.4) is 0 Å². The number of benzene rings is 16. The van der Waals surface area contributed by atoms with Gasteiger partial charge >= 0.3 is 0 Å². The van der Waals surface area contributed by atoms with Crippen LogP contribution in [0.4, 0.5) is 0 Å². The van der Waals surface area contributed by atoms with Crippen molar-refractivity contribution in [2.45, 2.75) is 0 Å². The number of fused-ring (bicyclic) bond motifs is 27. The lowest BCUT2D eigenvalue weighted by Gasteiger charge is -2.09. The third-order valence-electron chi connectivity index (χ3n) is 21.0. The first-order chi connectivity index (χ1) is 53.3. The molecule has 0 unspecified atom stereocenters. The van der Waals surface area contributed by atoms with Gasteiger partial charge in [0.2, 0.25) is 0 Å². The van der Waals surface area contributed by atoms with Gasteiger partial charge in [0.15, 0.2) is 0 Å². The van der Waals surface area contributed by atoms with Crippen LogP contribution in [0.25, 0.3) is 191 Å². The second-order valence-electron chi connectivity index (χ2n) is 27.0. The predicted octanol–water partition coefficient (Wildman–Crippen LogP) is 31.7. The van der Waals surface area contributed by atoms with E-state index in [1.54, 1.807) is 0 Å². The lowest BCUT2D eigenvalue weighted by molar-refractivity contribution is 1.18. The van der Waals surface area contributed by atoms with Crippen LogP contribution in [-0.2, 0) is 0 Å². The molecule has 0 atom stereocenters. The third-order valence-corrected chi connectivity index (χ3v) is 28.0. The Bertz CT molecular complexity index is 7730. The van der Waals surface area contributed by atoms with Gasteiger partial charge < -0.3 is 18.3 Å². The van der Waals surface area contributed by atoms with Gasteiger partial charge in [-0.05, 0) is 181 Å². The maximum absolute atomic E-state index is 3.81. The Labute approximate surface area is 668 Å². The average molecular weight is 1710 g/mol. The van der Waals surface area contributed by atoms with Crippen molar-refractivity contribution >= 4 is 277 Å². The van der Waals surface area contributed by atoms with Crippen molar-refractivity contribution in [3.05, 3.63) is 358 Å². The van der Waals surface area contributed by atoms with E-state index in [9.17, 15) is 0 Å². The van der Waals surface area contributed by atoms with Crippen molar-refractivity contribution in [3.63, 3.8) is 0 Å². The molecule has 24 aromatic rings. The van der Waals surface area contributed by atoms with Crippen molar-refractivity contribution in [1.29, 1.82) is 0 Å². The molecule has 0 aliphatic rings. The number of nitrogens with zero attached hydrogens (tertiary/aromatic N) is 4. The molecule has 0 aliphatic carbocycles. The van der Waals surface area contributed by atoms with E-state index >= 15 is 0 Å². The maximum atomic E-state index is 3.81. The molecular formula is C96H56Br4N4S4. The topological polar surface area (TPSA) is 19.7 Å². The van der Waals surface area contributed by atoms with Crippen LogP contribution in [0, 0.1) is 0 Å². The standard InChI is InChI=1S/4C24H14BrNS/c25-20-11-6-10-17-18-13-19-16-9-4-5-12-22(16)27-23(19)14-21(18)26(24(17)20)15-7-2-1-3-8-15;25-20-11-6-10-17-18-13-14-19-16-9-4-5-12-21(16)27-24(19)23(18)26(22(17)20)15-7-2-1-3-8-15;25-18-11-6-10-17-22-19(26(24(17)18)15-7-2-1-3-8-15)13-14-21-23(22)16-9-4-5-12-20(16)27-21;25-15-10-11-17-18-12-13-22-23(19-8-4-5-9-21(19)27-22)24(18)26(20(17)14-15)16-6-2-1-3-7-16/h4*1-14H. The number of para-hydroxylation sites is 7. The molecule has 4 nitrogen and oxygen atoms in total. The van der Waals surface area contributed by atoms with E-state index in [0.717, 1.165) is 17.9 Å². The monoisotopic (exact) mass is 1710 g/mol. The van der Waals surface area contributed by atoms with Gasteiger partial charge in [-0.2, -0.15) is 0 Å². The molecular weight excluding hydrogens is 1660 g/mol. The van der Waals surface area contributed by atoms with Crippen molar-refractivity contribution in [2.24, 2.45) is 0 Å². The molecule has 16 aromatic carbocycles. The molecule has 12 heteroatoms. The van der Waals surface area contributed by atoms with Crippen LogP contribution in [0.15, 0.2) is 358 Å². The summed E-state index contributed by atoms with van der Waals surface area (Å²) in [5, 5.41) is 21.1. The second kappa shape index (κ2) is 26.7. The van der Waals surface area contributed by atoms with Crippen LogP contribution in [-0.4, -0.2) is 18.3 Å². The van der Waals surface area contributed by atoms with E-state index in [1.807, 2.05) is 45.3 Å². The normalized spacial score (nSPS) is 11.9. The number of halogens is 4. The van der Waals surface area contributed by atoms with E-state index in [1.165, 1.54) is 191 Å². The molecule has 512 valence electrons. The van der Waals surface area contributed by atoms with Crippen molar-refractivity contribution < 1.29 is 0 Å². The van der Waals surface area contributed by atoms with E-state index in [-0.39, 0.29) is 0 Å². The Morgan fingerprint density at radius 2 is 0.565 bits per heavy atom. The minimum atomic E-state index is 1.10. The number of hydrogen-bond donors (Lipinski definition) is 0. The zero-order valence-corrected chi connectivity index (χ0v) is 66.9. The minimum Gasteiger partial charge on any atom is -0.309 e. The molecule has 24 rings (SSSR count). The molecule has 8 aromatic heterocycles. The molecule has 0 amide bonds. The summed E-state index contributed by atoms with van der Waals surface area (Å²) < 4.78 is 24.8. The highest BCUT2D eigenvalue weighted by Crippen LogP contribution is 2.49. The summed E-state index contributed by atoms with van der Waals surface area (Å²) in [4.78, 5) is 0. The van der Waals surface area contributed by atoms with E-state index < -0.39 is 0 Å². The Morgan fingerprint density at radius 1 is 0.185 bits per heavy atom. The summed E-state index contributed by atoms with van der Waals surface area (Å²) in [6.07, 6.45) is 0. The van der Waals surface area contributed by atoms with Crippen LogP contribution in [0.5, 0.6) is 0 Å². The Kier molecular flexibility index (Phi) is 16.3. The lowest BCUT2D eigenvalue weighted by atomic mass is 10.1. The van der Waals surface area contributed by atoms with Gasteiger partial charge in [-0.1, -0.05) is 222 Å².